The van der Waals surface area contributed by atoms with Crippen LogP contribution in [0, 0.1) is 0 Å². The average Bonchev–Trinajstić information content (AvgIpc) is 2.20. The van der Waals surface area contributed by atoms with Crippen molar-refractivity contribution in [2.75, 3.05) is 7.05 Å². The Hall–Kier alpha value is -0.850. The van der Waals surface area contributed by atoms with Gasteiger partial charge in [0.2, 0.25) is 0 Å². The number of allylic oxidation sites excluding steroid dienone is 3. The Bertz CT molecular complexity index is 121. The van der Waals surface area contributed by atoms with Crippen LogP contribution < -0.4 is 0 Å². The number of nitrogens with zero attached hydrogens (tertiary/aromatic N) is 1. The van der Waals surface area contributed by atoms with Crippen LogP contribution in [0.1, 0.15) is 34.6 Å². The molecule has 0 unspecified atom stereocenters. The molecule has 0 aromatic carbocycles. The van der Waals surface area contributed by atoms with E-state index in [-0.39, 0.29) is 0 Å². The van der Waals surface area contributed by atoms with E-state index in [1.807, 2.05) is 46.8 Å². The Labute approximate surface area is 77.9 Å². The molecule has 0 fully saturated rings. The van der Waals surface area contributed by atoms with E-state index in [9.17, 15) is 0 Å². The summed E-state index contributed by atoms with van der Waals surface area (Å²) in [5, 5.41) is 0. The van der Waals surface area contributed by atoms with Crippen LogP contribution in [0.5, 0.6) is 0 Å². The number of aliphatic imine (C=N–C) groups is 1. The van der Waals surface area contributed by atoms with E-state index < -0.39 is 0 Å². The largest absolute Gasteiger partial charge is 0.293 e. The molecule has 0 bridgehead atoms. The standard InChI is InChI=1S/C7H11N.2C2H6/c1-4-5-6-7(2)8-3;2*1-2/h4-6H,1H2,2-3H3;2*1-2H3/b6-5-,8-7?;;. The highest BCUT2D eigenvalue weighted by atomic mass is 14.7. The molecule has 0 radical (unpaired) electrons. The highest BCUT2D eigenvalue weighted by Crippen LogP contribution is 1.78. The third-order valence-electron chi connectivity index (χ3n) is 0.826. The van der Waals surface area contributed by atoms with Gasteiger partial charge in [-0.05, 0) is 13.0 Å². The normalized spacial score (nSPS) is 9.33. The minimum atomic E-state index is 1.02. The summed E-state index contributed by atoms with van der Waals surface area (Å²) in [6.45, 7) is 13.5. The molecule has 0 N–H and O–H groups in total. The van der Waals surface area contributed by atoms with Crippen LogP contribution in [0.15, 0.2) is 29.8 Å². The van der Waals surface area contributed by atoms with E-state index in [0.29, 0.717) is 0 Å². The minimum absolute atomic E-state index is 1.02. The number of hydrogen-bond acceptors (Lipinski definition) is 1. The highest BCUT2D eigenvalue weighted by Gasteiger charge is 1.72. The van der Waals surface area contributed by atoms with Crippen LogP contribution in [-0.2, 0) is 0 Å². The molecule has 0 aliphatic carbocycles. The van der Waals surface area contributed by atoms with Gasteiger partial charge in [-0.15, -0.1) is 0 Å². The summed E-state index contributed by atoms with van der Waals surface area (Å²) >= 11 is 0. The van der Waals surface area contributed by atoms with Crippen molar-refractivity contribution < 1.29 is 0 Å². The van der Waals surface area contributed by atoms with Gasteiger partial charge in [-0.25, -0.2) is 0 Å². The van der Waals surface area contributed by atoms with Crippen molar-refractivity contribution in [1.82, 2.24) is 0 Å². The molecule has 0 aromatic heterocycles. The van der Waals surface area contributed by atoms with Gasteiger partial charge in [-0.1, -0.05) is 46.4 Å². The zero-order valence-corrected chi connectivity index (χ0v) is 9.39. The van der Waals surface area contributed by atoms with Crippen molar-refractivity contribution in [2.45, 2.75) is 34.6 Å². The maximum atomic E-state index is 3.91. The van der Waals surface area contributed by atoms with Gasteiger partial charge in [0.1, 0.15) is 0 Å². The van der Waals surface area contributed by atoms with Crippen LogP contribution >= 0.6 is 0 Å². The van der Waals surface area contributed by atoms with Crippen LogP contribution in [-0.4, -0.2) is 12.8 Å². The van der Waals surface area contributed by atoms with E-state index in [0.717, 1.165) is 5.71 Å². The van der Waals surface area contributed by atoms with Crippen molar-refractivity contribution in [3.63, 3.8) is 0 Å². The molecule has 12 heavy (non-hydrogen) atoms. The minimum Gasteiger partial charge on any atom is -0.293 e. The fraction of sp³-hybridized carbons (Fsp3) is 0.545. The Morgan fingerprint density at radius 2 is 1.58 bits per heavy atom. The lowest BCUT2D eigenvalue weighted by atomic mass is 10.4. The molecule has 0 heterocycles. The lowest BCUT2D eigenvalue weighted by Gasteiger charge is -1.81. The second-order valence-electron chi connectivity index (χ2n) is 1.46. The summed E-state index contributed by atoms with van der Waals surface area (Å²) in [5.41, 5.74) is 1.02. The molecule has 0 spiro atoms. The zero-order valence-electron chi connectivity index (χ0n) is 9.39. The van der Waals surface area contributed by atoms with Crippen molar-refractivity contribution >= 4 is 5.71 Å². The Morgan fingerprint density at radius 1 is 1.17 bits per heavy atom. The summed E-state index contributed by atoms with van der Waals surface area (Å²) in [6, 6.07) is 0. The third kappa shape index (κ3) is 22.9. The Balaban J connectivity index is -0.000000175. The van der Waals surface area contributed by atoms with Gasteiger partial charge in [-0.3, -0.25) is 4.99 Å². The predicted molar refractivity (Wildman–Crippen MR) is 61.1 cm³/mol. The van der Waals surface area contributed by atoms with Crippen LogP contribution in [0.4, 0.5) is 0 Å². The third-order valence-corrected chi connectivity index (χ3v) is 0.826. The van der Waals surface area contributed by atoms with Gasteiger partial charge in [0.25, 0.3) is 0 Å². The van der Waals surface area contributed by atoms with E-state index in [1.165, 1.54) is 0 Å². The van der Waals surface area contributed by atoms with Crippen molar-refractivity contribution in [1.29, 1.82) is 0 Å². The monoisotopic (exact) mass is 169 g/mol. The molecular formula is C11H23N. The van der Waals surface area contributed by atoms with Crippen LogP contribution in [0.2, 0.25) is 0 Å². The molecule has 0 saturated carbocycles. The second-order valence-corrected chi connectivity index (χ2v) is 1.46. The van der Waals surface area contributed by atoms with Gasteiger partial charge < -0.3 is 0 Å². The summed E-state index contributed by atoms with van der Waals surface area (Å²) < 4.78 is 0. The van der Waals surface area contributed by atoms with E-state index >= 15 is 0 Å². The van der Waals surface area contributed by atoms with Gasteiger partial charge in [0.15, 0.2) is 0 Å². The Morgan fingerprint density at radius 3 is 1.83 bits per heavy atom. The second kappa shape index (κ2) is 22.5. The molecule has 0 aliphatic rings. The molecule has 1 heteroatoms. The first-order valence-electron chi connectivity index (χ1n) is 4.53. The average molecular weight is 169 g/mol. The molecule has 0 aliphatic heterocycles. The molecule has 0 atom stereocenters. The lowest BCUT2D eigenvalue weighted by Crippen LogP contribution is -1.79. The van der Waals surface area contributed by atoms with Crippen molar-refractivity contribution in [2.24, 2.45) is 4.99 Å². The van der Waals surface area contributed by atoms with Gasteiger partial charge in [0.05, 0.1) is 0 Å². The maximum absolute atomic E-state index is 3.91. The summed E-state index contributed by atoms with van der Waals surface area (Å²) in [7, 11) is 1.77. The summed E-state index contributed by atoms with van der Waals surface area (Å²) in [4.78, 5) is 3.91. The first kappa shape index (κ1) is 17.3. The van der Waals surface area contributed by atoms with Gasteiger partial charge >= 0.3 is 0 Å². The first-order valence-corrected chi connectivity index (χ1v) is 4.53. The first-order chi connectivity index (χ1) is 5.81. The number of hydrogen-bond donors (Lipinski definition) is 0. The molecule has 72 valence electrons. The molecule has 0 aromatic rings. The fourth-order valence-corrected chi connectivity index (χ4v) is 0.282. The SMILES string of the molecule is C=C/C=C\C(C)=NC.CC.CC. The topological polar surface area (TPSA) is 12.4 Å². The van der Waals surface area contributed by atoms with Crippen LogP contribution in [0.25, 0.3) is 0 Å². The summed E-state index contributed by atoms with van der Waals surface area (Å²) in [5.74, 6) is 0. The fourth-order valence-electron chi connectivity index (χ4n) is 0.282. The van der Waals surface area contributed by atoms with E-state index in [4.69, 9.17) is 0 Å². The van der Waals surface area contributed by atoms with Gasteiger partial charge in [0, 0.05) is 12.8 Å². The lowest BCUT2D eigenvalue weighted by molar-refractivity contribution is 1.43. The Kier molecular flexibility index (Phi) is 32.4. The van der Waals surface area contributed by atoms with Gasteiger partial charge in [-0.2, -0.15) is 0 Å². The van der Waals surface area contributed by atoms with E-state index in [1.54, 1.807) is 13.1 Å². The van der Waals surface area contributed by atoms with Crippen LogP contribution in [0.3, 0.4) is 0 Å². The van der Waals surface area contributed by atoms with Crippen molar-refractivity contribution in [3.05, 3.63) is 24.8 Å². The molecule has 0 saturated heterocycles. The van der Waals surface area contributed by atoms with Crippen molar-refractivity contribution in [3.8, 4) is 0 Å². The predicted octanol–water partition coefficient (Wildman–Crippen LogP) is 3.87. The zero-order chi connectivity index (χ0) is 10.4. The smallest absolute Gasteiger partial charge is 0.0313 e. The number of rotatable bonds is 2. The molecule has 0 rings (SSSR count). The maximum Gasteiger partial charge on any atom is 0.0313 e. The molecule has 1 nitrogen and oxygen atoms in total. The van der Waals surface area contributed by atoms with E-state index in [2.05, 4.69) is 11.6 Å². The molecule has 0 amide bonds. The quantitative estimate of drug-likeness (QED) is 0.439. The highest BCUT2D eigenvalue weighted by molar-refractivity contribution is 5.92. The summed E-state index contributed by atoms with van der Waals surface area (Å²) in [6.07, 6.45) is 5.50. The molecular weight excluding hydrogens is 146 g/mol.